The van der Waals surface area contributed by atoms with Crippen LogP contribution in [-0.4, -0.2) is 20.1 Å². The Morgan fingerprint density at radius 2 is 1.80 bits per heavy atom. The van der Waals surface area contributed by atoms with E-state index in [1.165, 1.54) is 0 Å². The van der Waals surface area contributed by atoms with Crippen LogP contribution < -0.4 is 15.4 Å². The molecule has 4 heteroatoms. The first-order chi connectivity index (χ1) is 9.61. The Hall–Kier alpha value is -2.49. The van der Waals surface area contributed by atoms with E-state index in [0.717, 1.165) is 17.0 Å². The van der Waals surface area contributed by atoms with Crippen molar-refractivity contribution >= 4 is 17.3 Å². The number of nitrogens with zero attached hydrogens (tertiary/aromatic N) is 1. The zero-order chi connectivity index (χ0) is 14.5. The first-order valence-electron chi connectivity index (χ1n) is 6.36. The molecule has 1 amide bonds. The highest BCUT2D eigenvalue weighted by molar-refractivity contribution is 5.96. The second-order valence-corrected chi connectivity index (χ2v) is 4.54. The van der Waals surface area contributed by atoms with Crippen LogP contribution in [0, 0.1) is 0 Å². The number of hydrogen-bond acceptors (Lipinski definition) is 3. The summed E-state index contributed by atoms with van der Waals surface area (Å²) in [6, 6.07) is 14.8. The number of likely N-dealkylation sites (N-methyl/N-ethyl adjacent to an activating group) is 1. The maximum absolute atomic E-state index is 12.3. The summed E-state index contributed by atoms with van der Waals surface area (Å²) in [6.45, 7) is 0. The van der Waals surface area contributed by atoms with Crippen LogP contribution in [0.5, 0.6) is 5.75 Å². The minimum absolute atomic E-state index is 0.00642. The van der Waals surface area contributed by atoms with Gasteiger partial charge in [0, 0.05) is 7.05 Å². The molecule has 0 bridgehead atoms. The van der Waals surface area contributed by atoms with Gasteiger partial charge in [-0.15, -0.1) is 0 Å². The standard InChI is InChI=1S/C16H18N2O2/c1-18(15-6-4-3-5-14(15)17)16(19)11-12-7-9-13(20-2)10-8-12/h3-10H,11,17H2,1-2H3. The van der Waals surface area contributed by atoms with Gasteiger partial charge in [-0.05, 0) is 29.8 Å². The SMILES string of the molecule is COc1ccc(CC(=O)N(C)c2ccccc2N)cc1. The summed E-state index contributed by atoms with van der Waals surface area (Å²) in [5.41, 5.74) is 8.15. The lowest BCUT2D eigenvalue weighted by Crippen LogP contribution is -2.28. The van der Waals surface area contributed by atoms with Gasteiger partial charge in [-0.25, -0.2) is 0 Å². The lowest BCUT2D eigenvalue weighted by atomic mass is 10.1. The molecule has 0 saturated heterocycles. The van der Waals surface area contributed by atoms with E-state index in [1.54, 1.807) is 25.1 Å². The summed E-state index contributed by atoms with van der Waals surface area (Å²) in [6.07, 6.45) is 0.328. The first-order valence-corrected chi connectivity index (χ1v) is 6.36. The largest absolute Gasteiger partial charge is 0.497 e. The lowest BCUT2D eigenvalue weighted by Gasteiger charge is -2.19. The van der Waals surface area contributed by atoms with Gasteiger partial charge in [0.05, 0.1) is 24.9 Å². The van der Waals surface area contributed by atoms with Crippen LogP contribution in [0.4, 0.5) is 11.4 Å². The summed E-state index contributed by atoms with van der Waals surface area (Å²) in [7, 11) is 3.35. The number of nitrogen functional groups attached to an aromatic ring is 1. The van der Waals surface area contributed by atoms with Crippen molar-refractivity contribution in [3.63, 3.8) is 0 Å². The average molecular weight is 270 g/mol. The minimum Gasteiger partial charge on any atom is -0.497 e. The highest BCUT2D eigenvalue weighted by Crippen LogP contribution is 2.22. The first kappa shape index (κ1) is 13.9. The second-order valence-electron chi connectivity index (χ2n) is 4.54. The van der Waals surface area contributed by atoms with Gasteiger partial charge in [-0.2, -0.15) is 0 Å². The molecule has 0 aliphatic rings. The normalized spacial score (nSPS) is 10.1. The Kier molecular flexibility index (Phi) is 4.25. The lowest BCUT2D eigenvalue weighted by molar-refractivity contribution is -0.117. The number of rotatable bonds is 4. The monoisotopic (exact) mass is 270 g/mol. The van der Waals surface area contributed by atoms with Crippen LogP contribution in [0.3, 0.4) is 0 Å². The number of carbonyl (C=O) groups is 1. The fourth-order valence-electron chi connectivity index (χ4n) is 1.96. The Balaban J connectivity index is 2.09. The van der Waals surface area contributed by atoms with Crippen molar-refractivity contribution in [1.82, 2.24) is 0 Å². The minimum atomic E-state index is -0.00642. The summed E-state index contributed by atoms with van der Waals surface area (Å²) in [5.74, 6) is 0.773. The molecule has 2 N–H and O–H groups in total. The average Bonchev–Trinajstić information content (AvgIpc) is 2.48. The number of carbonyl (C=O) groups excluding carboxylic acids is 1. The fourth-order valence-corrected chi connectivity index (χ4v) is 1.96. The van der Waals surface area contributed by atoms with Gasteiger partial charge in [0.2, 0.25) is 5.91 Å². The van der Waals surface area contributed by atoms with Crippen LogP contribution in [0.1, 0.15) is 5.56 Å². The molecule has 0 aromatic heterocycles. The van der Waals surface area contributed by atoms with Crippen molar-refractivity contribution in [2.75, 3.05) is 24.8 Å². The predicted octanol–water partition coefficient (Wildman–Crippen LogP) is 2.48. The van der Waals surface area contributed by atoms with Crippen LogP contribution in [0.2, 0.25) is 0 Å². The number of benzene rings is 2. The van der Waals surface area contributed by atoms with E-state index in [0.29, 0.717) is 12.1 Å². The number of methoxy groups -OCH3 is 1. The van der Waals surface area contributed by atoms with E-state index >= 15 is 0 Å². The molecular weight excluding hydrogens is 252 g/mol. The molecule has 2 aromatic rings. The number of anilines is 2. The summed E-state index contributed by atoms with van der Waals surface area (Å²) in [5, 5.41) is 0. The Morgan fingerprint density at radius 1 is 1.15 bits per heavy atom. The number of amides is 1. The Morgan fingerprint density at radius 3 is 2.40 bits per heavy atom. The fraction of sp³-hybridized carbons (Fsp3) is 0.188. The Labute approximate surface area is 118 Å². The van der Waals surface area contributed by atoms with Crippen LogP contribution >= 0.6 is 0 Å². The van der Waals surface area contributed by atoms with Crippen molar-refractivity contribution in [2.45, 2.75) is 6.42 Å². The number of nitrogens with two attached hydrogens (primary N) is 1. The van der Waals surface area contributed by atoms with Gasteiger partial charge < -0.3 is 15.4 Å². The number of para-hydroxylation sites is 2. The molecule has 0 spiro atoms. The molecule has 2 aromatic carbocycles. The third kappa shape index (κ3) is 3.09. The highest BCUT2D eigenvalue weighted by atomic mass is 16.5. The van der Waals surface area contributed by atoms with Crippen LogP contribution in [0.25, 0.3) is 0 Å². The van der Waals surface area contributed by atoms with Gasteiger partial charge in [0.15, 0.2) is 0 Å². The Bertz CT molecular complexity index is 594. The van der Waals surface area contributed by atoms with E-state index in [1.807, 2.05) is 42.5 Å². The van der Waals surface area contributed by atoms with Crippen molar-refractivity contribution in [3.05, 3.63) is 54.1 Å². The number of ether oxygens (including phenoxy) is 1. The number of hydrogen-bond donors (Lipinski definition) is 1. The molecule has 104 valence electrons. The molecule has 0 heterocycles. The molecule has 0 fully saturated rings. The smallest absolute Gasteiger partial charge is 0.231 e. The van der Waals surface area contributed by atoms with Gasteiger partial charge in [-0.1, -0.05) is 24.3 Å². The van der Waals surface area contributed by atoms with Crippen LogP contribution in [-0.2, 0) is 11.2 Å². The molecule has 0 aliphatic heterocycles. The molecule has 0 aliphatic carbocycles. The molecule has 4 nitrogen and oxygen atoms in total. The summed E-state index contributed by atoms with van der Waals surface area (Å²) in [4.78, 5) is 13.8. The summed E-state index contributed by atoms with van der Waals surface area (Å²) >= 11 is 0. The summed E-state index contributed by atoms with van der Waals surface area (Å²) < 4.78 is 5.09. The topological polar surface area (TPSA) is 55.6 Å². The molecular formula is C16H18N2O2. The molecule has 0 atom stereocenters. The van der Waals surface area contributed by atoms with Gasteiger partial charge in [0.25, 0.3) is 0 Å². The molecule has 2 rings (SSSR count). The van der Waals surface area contributed by atoms with E-state index in [2.05, 4.69) is 0 Å². The molecule has 0 unspecified atom stereocenters. The zero-order valence-electron chi connectivity index (χ0n) is 11.7. The van der Waals surface area contributed by atoms with Crippen molar-refractivity contribution in [1.29, 1.82) is 0 Å². The second kappa shape index (κ2) is 6.10. The van der Waals surface area contributed by atoms with Crippen molar-refractivity contribution in [2.24, 2.45) is 0 Å². The van der Waals surface area contributed by atoms with E-state index in [-0.39, 0.29) is 5.91 Å². The van der Waals surface area contributed by atoms with Gasteiger partial charge >= 0.3 is 0 Å². The zero-order valence-corrected chi connectivity index (χ0v) is 11.7. The molecule has 0 radical (unpaired) electrons. The molecule has 0 saturated carbocycles. The van der Waals surface area contributed by atoms with Crippen LogP contribution in [0.15, 0.2) is 48.5 Å². The maximum atomic E-state index is 12.3. The quantitative estimate of drug-likeness (QED) is 0.868. The predicted molar refractivity (Wildman–Crippen MR) is 81.0 cm³/mol. The van der Waals surface area contributed by atoms with Crippen molar-refractivity contribution in [3.8, 4) is 5.75 Å². The van der Waals surface area contributed by atoms with E-state index < -0.39 is 0 Å². The van der Waals surface area contributed by atoms with E-state index in [9.17, 15) is 4.79 Å². The maximum Gasteiger partial charge on any atom is 0.231 e. The van der Waals surface area contributed by atoms with Gasteiger partial charge in [0.1, 0.15) is 5.75 Å². The molecule has 20 heavy (non-hydrogen) atoms. The van der Waals surface area contributed by atoms with Gasteiger partial charge in [-0.3, -0.25) is 4.79 Å². The third-order valence-corrected chi connectivity index (χ3v) is 3.19. The van der Waals surface area contributed by atoms with E-state index in [4.69, 9.17) is 10.5 Å². The highest BCUT2D eigenvalue weighted by Gasteiger charge is 2.13. The van der Waals surface area contributed by atoms with Crippen molar-refractivity contribution < 1.29 is 9.53 Å². The third-order valence-electron chi connectivity index (χ3n) is 3.19.